The van der Waals surface area contributed by atoms with Gasteiger partial charge in [-0.05, 0) is 49.6 Å². The molecule has 2 heteroatoms. The minimum Gasteiger partial charge on any atom is -0.454 e. The fraction of sp³-hybridized carbons (Fsp3) is 0.148. The molecule has 0 saturated heterocycles. The highest BCUT2D eigenvalue weighted by Crippen LogP contribution is 2.41. The van der Waals surface area contributed by atoms with E-state index in [1.807, 2.05) is 6.07 Å². The molecular weight excluding hydrogens is 354 g/mol. The number of rotatable bonds is 2. The summed E-state index contributed by atoms with van der Waals surface area (Å²) in [6.45, 7) is 6.50. The van der Waals surface area contributed by atoms with Crippen molar-refractivity contribution in [2.75, 3.05) is 0 Å². The third-order valence-electron chi connectivity index (χ3n) is 5.93. The highest BCUT2D eigenvalue weighted by molar-refractivity contribution is 6.13. The molecule has 0 N–H and O–H groups in total. The molecule has 0 bridgehead atoms. The second-order valence-corrected chi connectivity index (χ2v) is 7.92. The molecule has 0 aliphatic rings. The van der Waals surface area contributed by atoms with Crippen LogP contribution in [-0.4, -0.2) is 0 Å². The maximum Gasteiger partial charge on any atom is 0.216 e. The predicted molar refractivity (Wildman–Crippen MR) is 120 cm³/mol. The Morgan fingerprint density at radius 1 is 0.759 bits per heavy atom. The van der Waals surface area contributed by atoms with Crippen molar-refractivity contribution in [2.45, 2.75) is 20.8 Å². The standard InChI is InChI=1S/C27H24NO/c1-17-13-14-24(28(4)16-17)25-19(3)18(2)15-23-22-12-8-11-21(26(22)29-27(23)25)20-9-6-5-7-10-20/h5-16H,1-4H3/q+1. The van der Waals surface area contributed by atoms with Crippen LogP contribution in [0, 0.1) is 20.8 Å². The van der Waals surface area contributed by atoms with E-state index in [0.29, 0.717) is 0 Å². The van der Waals surface area contributed by atoms with Crippen LogP contribution in [0.3, 0.4) is 0 Å². The third-order valence-corrected chi connectivity index (χ3v) is 5.93. The van der Waals surface area contributed by atoms with Gasteiger partial charge in [0.25, 0.3) is 0 Å². The maximum atomic E-state index is 6.63. The lowest BCUT2D eigenvalue weighted by Gasteiger charge is -2.09. The molecule has 142 valence electrons. The summed E-state index contributed by atoms with van der Waals surface area (Å²) >= 11 is 0. The van der Waals surface area contributed by atoms with Gasteiger partial charge in [0.2, 0.25) is 5.69 Å². The molecule has 29 heavy (non-hydrogen) atoms. The number of benzene rings is 3. The van der Waals surface area contributed by atoms with Gasteiger partial charge in [0, 0.05) is 28.0 Å². The van der Waals surface area contributed by atoms with Crippen LogP contribution in [0.1, 0.15) is 16.7 Å². The number of nitrogens with zero attached hydrogens (tertiary/aromatic N) is 1. The number of hydrogen-bond donors (Lipinski definition) is 0. The Morgan fingerprint density at radius 3 is 2.31 bits per heavy atom. The number of furan rings is 1. The van der Waals surface area contributed by atoms with Gasteiger partial charge in [-0.25, -0.2) is 4.57 Å². The second kappa shape index (κ2) is 6.59. The Labute approximate surface area is 171 Å². The summed E-state index contributed by atoms with van der Waals surface area (Å²) in [5.41, 5.74) is 10.4. The first-order valence-corrected chi connectivity index (χ1v) is 10.0. The van der Waals surface area contributed by atoms with Crippen molar-refractivity contribution in [3.63, 3.8) is 0 Å². The van der Waals surface area contributed by atoms with Crippen LogP contribution >= 0.6 is 0 Å². The van der Waals surface area contributed by atoms with Gasteiger partial charge in [0.1, 0.15) is 18.2 Å². The summed E-state index contributed by atoms with van der Waals surface area (Å²) in [5, 5.41) is 2.34. The molecule has 2 nitrogen and oxygen atoms in total. The van der Waals surface area contributed by atoms with Gasteiger partial charge < -0.3 is 4.42 Å². The molecule has 0 unspecified atom stereocenters. The van der Waals surface area contributed by atoms with E-state index in [9.17, 15) is 0 Å². The van der Waals surface area contributed by atoms with E-state index in [4.69, 9.17) is 4.42 Å². The van der Waals surface area contributed by atoms with Crippen LogP contribution in [0.15, 0.2) is 77.3 Å². The van der Waals surface area contributed by atoms with E-state index in [1.54, 1.807) is 0 Å². The lowest BCUT2D eigenvalue weighted by molar-refractivity contribution is -0.660. The monoisotopic (exact) mass is 378 g/mol. The smallest absolute Gasteiger partial charge is 0.216 e. The summed E-state index contributed by atoms with van der Waals surface area (Å²) in [6, 6.07) is 23.5. The van der Waals surface area contributed by atoms with E-state index in [-0.39, 0.29) is 0 Å². The average molecular weight is 378 g/mol. The molecule has 5 aromatic rings. The molecule has 0 atom stereocenters. The third kappa shape index (κ3) is 2.75. The summed E-state index contributed by atoms with van der Waals surface area (Å²) in [4.78, 5) is 0. The lowest BCUT2D eigenvalue weighted by atomic mass is 9.95. The van der Waals surface area contributed by atoms with Gasteiger partial charge in [0.15, 0.2) is 6.20 Å². The van der Waals surface area contributed by atoms with Crippen molar-refractivity contribution < 1.29 is 8.98 Å². The van der Waals surface area contributed by atoms with Crippen molar-refractivity contribution >= 4 is 21.9 Å². The minimum atomic E-state index is 0.953. The molecule has 5 rings (SSSR count). The Morgan fingerprint density at radius 2 is 1.55 bits per heavy atom. The lowest BCUT2D eigenvalue weighted by Crippen LogP contribution is -2.31. The highest BCUT2D eigenvalue weighted by atomic mass is 16.3. The molecule has 2 heterocycles. The number of fused-ring (bicyclic) bond motifs is 3. The number of aryl methyl sites for hydroxylation is 3. The van der Waals surface area contributed by atoms with E-state index in [1.165, 1.54) is 44.3 Å². The number of hydrogen-bond acceptors (Lipinski definition) is 1. The van der Waals surface area contributed by atoms with Crippen LogP contribution in [0.5, 0.6) is 0 Å². The molecule has 0 aliphatic heterocycles. The molecule has 0 saturated carbocycles. The zero-order valence-corrected chi connectivity index (χ0v) is 17.3. The van der Waals surface area contributed by atoms with Crippen molar-refractivity contribution in [2.24, 2.45) is 7.05 Å². The summed E-state index contributed by atoms with van der Waals surface area (Å²) in [6.07, 6.45) is 2.17. The molecule has 0 radical (unpaired) electrons. The molecule has 2 aromatic heterocycles. The number of pyridine rings is 1. The second-order valence-electron chi connectivity index (χ2n) is 7.92. The average Bonchev–Trinajstić information content (AvgIpc) is 3.08. The Kier molecular flexibility index (Phi) is 4.02. The molecule has 3 aromatic carbocycles. The number of para-hydroxylation sites is 1. The first kappa shape index (κ1) is 17.7. The van der Waals surface area contributed by atoms with Gasteiger partial charge in [-0.15, -0.1) is 0 Å². The van der Waals surface area contributed by atoms with Gasteiger partial charge in [-0.3, -0.25) is 0 Å². The van der Waals surface area contributed by atoms with Gasteiger partial charge in [0.05, 0.1) is 5.56 Å². The maximum absolute atomic E-state index is 6.63. The fourth-order valence-electron chi connectivity index (χ4n) is 4.32. The van der Waals surface area contributed by atoms with E-state index in [0.717, 1.165) is 16.7 Å². The summed E-state index contributed by atoms with van der Waals surface area (Å²) < 4.78 is 8.83. The zero-order valence-electron chi connectivity index (χ0n) is 17.3. The van der Waals surface area contributed by atoms with Gasteiger partial charge in [-0.2, -0.15) is 0 Å². The van der Waals surface area contributed by atoms with Crippen LogP contribution < -0.4 is 4.57 Å². The first-order chi connectivity index (χ1) is 14.0. The van der Waals surface area contributed by atoms with Crippen LogP contribution in [0.4, 0.5) is 0 Å². The van der Waals surface area contributed by atoms with Crippen LogP contribution in [-0.2, 0) is 7.05 Å². The van der Waals surface area contributed by atoms with E-state index < -0.39 is 0 Å². The Bertz CT molecular complexity index is 1380. The van der Waals surface area contributed by atoms with Crippen molar-refractivity contribution in [1.82, 2.24) is 0 Å². The SMILES string of the molecule is Cc1ccc(-c2c(C)c(C)cc3c2oc2c(-c4ccccc4)cccc23)[n+](C)c1. The molecule has 0 amide bonds. The molecule has 0 fully saturated rings. The predicted octanol–water partition coefficient (Wildman–Crippen LogP) is 6.67. The Balaban J connectivity index is 1.91. The summed E-state index contributed by atoms with van der Waals surface area (Å²) in [5.74, 6) is 0. The fourth-order valence-corrected chi connectivity index (χ4v) is 4.32. The van der Waals surface area contributed by atoms with Crippen LogP contribution in [0.25, 0.3) is 44.3 Å². The molecule has 0 aliphatic carbocycles. The quantitative estimate of drug-likeness (QED) is 0.314. The van der Waals surface area contributed by atoms with Gasteiger partial charge in [-0.1, -0.05) is 48.5 Å². The Hall–Kier alpha value is -3.39. The van der Waals surface area contributed by atoms with E-state index in [2.05, 4.69) is 99.2 Å². The van der Waals surface area contributed by atoms with Crippen molar-refractivity contribution in [3.8, 4) is 22.4 Å². The van der Waals surface area contributed by atoms with Crippen molar-refractivity contribution in [1.29, 1.82) is 0 Å². The molecular formula is C27H24NO+. The summed E-state index contributed by atoms with van der Waals surface area (Å²) in [7, 11) is 2.11. The van der Waals surface area contributed by atoms with Crippen LogP contribution in [0.2, 0.25) is 0 Å². The first-order valence-electron chi connectivity index (χ1n) is 10.0. The number of aromatic nitrogens is 1. The van der Waals surface area contributed by atoms with Gasteiger partial charge >= 0.3 is 0 Å². The van der Waals surface area contributed by atoms with Crippen molar-refractivity contribution in [3.05, 3.63) is 89.6 Å². The normalized spacial score (nSPS) is 11.4. The molecule has 0 spiro atoms. The minimum absolute atomic E-state index is 0.953. The largest absolute Gasteiger partial charge is 0.454 e. The van der Waals surface area contributed by atoms with E-state index >= 15 is 0 Å². The highest BCUT2D eigenvalue weighted by Gasteiger charge is 2.23. The zero-order chi connectivity index (χ0) is 20.1. The topological polar surface area (TPSA) is 17.0 Å².